The molecule has 0 saturated heterocycles. The smallest absolute Gasteiger partial charge is 0.158 e. The predicted octanol–water partition coefficient (Wildman–Crippen LogP) is 1.32. The predicted molar refractivity (Wildman–Crippen MR) is 77.6 cm³/mol. The van der Waals surface area contributed by atoms with Gasteiger partial charge in [0.15, 0.2) is 5.82 Å². The fourth-order valence-electron chi connectivity index (χ4n) is 1.81. The van der Waals surface area contributed by atoms with E-state index in [4.69, 9.17) is 4.74 Å². The molecule has 2 N–H and O–H groups in total. The van der Waals surface area contributed by atoms with E-state index in [0.29, 0.717) is 19.0 Å². The molecule has 0 bridgehead atoms. The van der Waals surface area contributed by atoms with Crippen LogP contribution in [0.2, 0.25) is 0 Å². The second-order valence-electron chi connectivity index (χ2n) is 4.47. The van der Waals surface area contributed by atoms with Crippen LogP contribution in [0.4, 0.5) is 11.6 Å². The van der Waals surface area contributed by atoms with Crippen molar-refractivity contribution < 1.29 is 4.74 Å². The molecule has 0 aliphatic carbocycles. The fraction of sp³-hybridized carbons (Fsp3) is 0.462. The Morgan fingerprint density at radius 3 is 2.65 bits per heavy atom. The molecule has 0 spiro atoms. The lowest BCUT2D eigenvalue weighted by molar-refractivity contribution is 0.178. The first-order chi connectivity index (χ1) is 9.63. The van der Waals surface area contributed by atoms with Gasteiger partial charge in [0.05, 0.1) is 6.20 Å². The number of nitrogens with zero attached hydrogens (tertiary/aromatic N) is 4. The summed E-state index contributed by atoms with van der Waals surface area (Å²) in [6.45, 7) is 3.10. The molecule has 0 saturated carbocycles. The summed E-state index contributed by atoms with van der Waals surface area (Å²) < 4.78 is 6.93. The SMILES string of the molecule is CNc1cc(NCc2cnn(C)c2C)nc(COC)n1. The Kier molecular flexibility index (Phi) is 4.52. The van der Waals surface area contributed by atoms with Gasteiger partial charge >= 0.3 is 0 Å². The van der Waals surface area contributed by atoms with E-state index in [1.165, 1.54) is 0 Å². The third-order valence-corrected chi connectivity index (χ3v) is 3.10. The Balaban J connectivity index is 2.12. The summed E-state index contributed by atoms with van der Waals surface area (Å²) in [7, 11) is 5.38. The van der Waals surface area contributed by atoms with E-state index in [0.717, 1.165) is 22.9 Å². The Morgan fingerprint density at radius 2 is 2.05 bits per heavy atom. The molecule has 0 fully saturated rings. The molecule has 7 heteroatoms. The van der Waals surface area contributed by atoms with Crippen LogP contribution >= 0.6 is 0 Å². The van der Waals surface area contributed by atoms with Crippen LogP contribution in [0.15, 0.2) is 12.3 Å². The molecular weight excluding hydrogens is 256 g/mol. The fourth-order valence-corrected chi connectivity index (χ4v) is 1.81. The summed E-state index contributed by atoms with van der Waals surface area (Å²) in [6, 6.07) is 1.87. The van der Waals surface area contributed by atoms with Crippen LogP contribution in [0.3, 0.4) is 0 Å². The van der Waals surface area contributed by atoms with Gasteiger partial charge in [0.1, 0.15) is 18.2 Å². The molecule has 2 aromatic rings. The van der Waals surface area contributed by atoms with Crippen molar-refractivity contribution in [2.45, 2.75) is 20.1 Å². The van der Waals surface area contributed by atoms with Gasteiger partial charge in [-0.15, -0.1) is 0 Å². The molecule has 0 aliphatic rings. The highest BCUT2D eigenvalue weighted by molar-refractivity contribution is 5.47. The van der Waals surface area contributed by atoms with Crippen LogP contribution in [-0.4, -0.2) is 33.9 Å². The molecule has 0 amide bonds. The molecule has 108 valence electrons. The minimum Gasteiger partial charge on any atom is -0.377 e. The number of aryl methyl sites for hydroxylation is 1. The Hall–Kier alpha value is -2.15. The first kappa shape index (κ1) is 14.3. The van der Waals surface area contributed by atoms with E-state index in [1.807, 2.05) is 38.0 Å². The van der Waals surface area contributed by atoms with Crippen molar-refractivity contribution in [1.29, 1.82) is 0 Å². The third-order valence-electron chi connectivity index (χ3n) is 3.10. The minimum absolute atomic E-state index is 0.385. The quantitative estimate of drug-likeness (QED) is 0.828. The number of ether oxygens (including phenoxy) is 1. The van der Waals surface area contributed by atoms with Gasteiger partial charge in [-0.3, -0.25) is 4.68 Å². The maximum atomic E-state index is 5.07. The largest absolute Gasteiger partial charge is 0.377 e. The molecule has 0 aliphatic heterocycles. The Labute approximate surface area is 118 Å². The topological polar surface area (TPSA) is 76.9 Å². The zero-order chi connectivity index (χ0) is 14.5. The highest BCUT2D eigenvalue weighted by Gasteiger charge is 2.06. The Bertz CT molecular complexity index is 580. The number of hydrogen-bond acceptors (Lipinski definition) is 6. The lowest BCUT2D eigenvalue weighted by Gasteiger charge is -2.09. The average molecular weight is 276 g/mol. The van der Waals surface area contributed by atoms with Crippen molar-refractivity contribution in [3.8, 4) is 0 Å². The van der Waals surface area contributed by atoms with E-state index in [9.17, 15) is 0 Å². The van der Waals surface area contributed by atoms with E-state index < -0.39 is 0 Å². The second-order valence-corrected chi connectivity index (χ2v) is 4.47. The van der Waals surface area contributed by atoms with Gasteiger partial charge in [-0.25, -0.2) is 9.97 Å². The number of hydrogen-bond donors (Lipinski definition) is 2. The highest BCUT2D eigenvalue weighted by Crippen LogP contribution is 2.14. The van der Waals surface area contributed by atoms with Crippen molar-refractivity contribution in [3.63, 3.8) is 0 Å². The molecule has 2 aromatic heterocycles. The first-order valence-electron chi connectivity index (χ1n) is 6.40. The van der Waals surface area contributed by atoms with Crippen LogP contribution < -0.4 is 10.6 Å². The van der Waals surface area contributed by atoms with Crippen LogP contribution in [0, 0.1) is 6.92 Å². The summed E-state index contributed by atoms with van der Waals surface area (Å²) in [5.41, 5.74) is 2.28. The van der Waals surface area contributed by atoms with Gasteiger partial charge in [-0.2, -0.15) is 5.10 Å². The first-order valence-corrected chi connectivity index (χ1v) is 6.40. The van der Waals surface area contributed by atoms with Crippen molar-refractivity contribution in [1.82, 2.24) is 19.7 Å². The average Bonchev–Trinajstić information content (AvgIpc) is 2.77. The zero-order valence-electron chi connectivity index (χ0n) is 12.3. The molecule has 2 rings (SSSR count). The zero-order valence-corrected chi connectivity index (χ0v) is 12.3. The summed E-state index contributed by atoms with van der Waals surface area (Å²) in [6.07, 6.45) is 1.86. The van der Waals surface area contributed by atoms with Gasteiger partial charge in [0.2, 0.25) is 0 Å². The number of nitrogens with one attached hydrogen (secondary N) is 2. The highest BCUT2D eigenvalue weighted by atomic mass is 16.5. The third kappa shape index (κ3) is 3.24. The van der Waals surface area contributed by atoms with E-state index in [1.54, 1.807) is 7.11 Å². The normalized spacial score (nSPS) is 10.6. The number of anilines is 2. The van der Waals surface area contributed by atoms with E-state index in [-0.39, 0.29) is 0 Å². The maximum absolute atomic E-state index is 5.07. The monoisotopic (exact) mass is 276 g/mol. The molecule has 0 radical (unpaired) electrons. The molecule has 2 heterocycles. The molecule has 0 atom stereocenters. The van der Waals surface area contributed by atoms with Crippen molar-refractivity contribution in [2.75, 3.05) is 24.8 Å². The van der Waals surface area contributed by atoms with E-state index in [2.05, 4.69) is 25.7 Å². The minimum atomic E-state index is 0.385. The van der Waals surface area contributed by atoms with Crippen molar-refractivity contribution in [3.05, 3.63) is 29.3 Å². The van der Waals surface area contributed by atoms with Crippen molar-refractivity contribution in [2.24, 2.45) is 7.05 Å². The number of methoxy groups -OCH3 is 1. The summed E-state index contributed by atoms with van der Waals surface area (Å²) in [5, 5.41) is 10.5. The van der Waals surface area contributed by atoms with Crippen molar-refractivity contribution >= 4 is 11.6 Å². The van der Waals surface area contributed by atoms with Crippen LogP contribution in [0.5, 0.6) is 0 Å². The lowest BCUT2D eigenvalue weighted by Crippen LogP contribution is -2.07. The maximum Gasteiger partial charge on any atom is 0.158 e. The lowest BCUT2D eigenvalue weighted by atomic mass is 10.2. The summed E-state index contributed by atoms with van der Waals surface area (Å²) >= 11 is 0. The standard InChI is InChI=1S/C13H20N6O/c1-9-10(7-16-19(9)3)6-15-12-5-11(14-2)17-13(18-12)8-20-4/h5,7H,6,8H2,1-4H3,(H2,14,15,17,18). The number of aromatic nitrogens is 4. The van der Waals surface area contributed by atoms with E-state index >= 15 is 0 Å². The molecule has 20 heavy (non-hydrogen) atoms. The van der Waals surface area contributed by atoms with Gasteiger partial charge in [-0.1, -0.05) is 0 Å². The summed E-state index contributed by atoms with van der Waals surface area (Å²) in [4.78, 5) is 8.72. The van der Waals surface area contributed by atoms with Gasteiger partial charge < -0.3 is 15.4 Å². The molecule has 7 nitrogen and oxygen atoms in total. The molecular formula is C13H20N6O. The molecule has 0 aromatic carbocycles. The van der Waals surface area contributed by atoms with Crippen LogP contribution in [0.1, 0.15) is 17.1 Å². The molecule has 0 unspecified atom stereocenters. The number of rotatable bonds is 6. The van der Waals surface area contributed by atoms with Gasteiger partial charge in [0, 0.05) is 45.1 Å². The van der Waals surface area contributed by atoms with Gasteiger partial charge in [0.25, 0.3) is 0 Å². The summed E-state index contributed by atoms with van der Waals surface area (Å²) in [5.74, 6) is 2.17. The van der Waals surface area contributed by atoms with Crippen LogP contribution in [-0.2, 0) is 24.9 Å². The van der Waals surface area contributed by atoms with Gasteiger partial charge in [-0.05, 0) is 6.92 Å². The Morgan fingerprint density at radius 1 is 1.30 bits per heavy atom. The van der Waals surface area contributed by atoms with Crippen LogP contribution in [0.25, 0.3) is 0 Å². The second kappa shape index (κ2) is 6.33.